The van der Waals surface area contributed by atoms with Crippen LogP contribution in [0.3, 0.4) is 0 Å². The molecule has 4 rings (SSSR count). The van der Waals surface area contributed by atoms with E-state index in [1.54, 1.807) is 6.20 Å². The highest BCUT2D eigenvalue weighted by molar-refractivity contribution is 6.00. The van der Waals surface area contributed by atoms with E-state index in [2.05, 4.69) is 52.2 Å². The highest BCUT2D eigenvalue weighted by Crippen LogP contribution is 2.26. The predicted octanol–water partition coefficient (Wildman–Crippen LogP) is 5.02. The maximum Gasteiger partial charge on any atom is 0.267 e. The Balaban J connectivity index is 1.65. The molecule has 6 nitrogen and oxygen atoms in total. The monoisotopic (exact) mass is 454 g/mol. The molecule has 2 amide bonds. The van der Waals surface area contributed by atoms with Crippen LogP contribution in [-0.4, -0.2) is 27.9 Å². The molecule has 0 aliphatic rings. The third kappa shape index (κ3) is 5.34. The average Bonchev–Trinajstić information content (AvgIpc) is 3.19. The summed E-state index contributed by atoms with van der Waals surface area (Å²) in [5.41, 5.74) is 6.74. The van der Waals surface area contributed by atoms with E-state index in [1.807, 2.05) is 49.4 Å². The lowest BCUT2D eigenvalue weighted by Gasteiger charge is -2.14. The van der Waals surface area contributed by atoms with Crippen molar-refractivity contribution in [1.29, 1.82) is 0 Å². The Bertz CT molecular complexity index is 1330. The molecular formula is C28H30N4O2. The molecule has 34 heavy (non-hydrogen) atoms. The van der Waals surface area contributed by atoms with Gasteiger partial charge in [-0.3, -0.25) is 14.6 Å². The fourth-order valence-corrected chi connectivity index (χ4v) is 4.04. The number of hydrogen-bond donors (Lipinski definition) is 2. The minimum atomic E-state index is -0.128. The number of carbonyl (C=O) groups is 2. The Labute approximate surface area is 200 Å². The number of amides is 2. The van der Waals surface area contributed by atoms with Gasteiger partial charge < -0.3 is 15.2 Å². The van der Waals surface area contributed by atoms with E-state index in [0.29, 0.717) is 31.6 Å². The molecule has 2 aromatic carbocycles. The Kier molecular flexibility index (Phi) is 7.07. The zero-order chi connectivity index (χ0) is 24.1. The van der Waals surface area contributed by atoms with Gasteiger partial charge in [0.25, 0.3) is 5.91 Å². The fraction of sp³-hybridized carbons (Fsp3) is 0.250. The number of anilines is 1. The Morgan fingerprint density at radius 1 is 1.00 bits per heavy atom. The summed E-state index contributed by atoms with van der Waals surface area (Å²) in [7, 11) is 0. The van der Waals surface area contributed by atoms with E-state index in [9.17, 15) is 9.59 Å². The SMILES string of the molecule is CCC(=O)Nc1ccc2c(c1)cc(C(=O)NCCc1ccccn1)n2Cc1cc(C)ccc1C. The summed E-state index contributed by atoms with van der Waals surface area (Å²) in [5, 5.41) is 6.86. The maximum atomic E-state index is 13.3. The van der Waals surface area contributed by atoms with Crippen LogP contribution >= 0.6 is 0 Å². The van der Waals surface area contributed by atoms with Crippen molar-refractivity contribution in [3.05, 3.63) is 94.9 Å². The number of hydrogen-bond acceptors (Lipinski definition) is 3. The number of aryl methyl sites for hydroxylation is 2. The number of nitrogens with zero attached hydrogens (tertiary/aromatic N) is 2. The lowest BCUT2D eigenvalue weighted by atomic mass is 10.1. The van der Waals surface area contributed by atoms with E-state index < -0.39 is 0 Å². The molecule has 0 aliphatic carbocycles. The summed E-state index contributed by atoms with van der Waals surface area (Å²) in [4.78, 5) is 29.4. The number of aromatic nitrogens is 2. The zero-order valence-electron chi connectivity index (χ0n) is 19.9. The van der Waals surface area contributed by atoms with Crippen molar-refractivity contribution in [3.8, 4) is 0 Å². The van der Waals surface area contributed by atoms with Crippen LogP contribution in [0.2, 0.25) is 0 Å². The van der Waals surface area contributed by atoms with E-state index in [0.717, 1.165) is 22.3 Å². The van der Waals surface area contributed by atoms with Crippen LogP contribution in [0.4, 0.5) is 5.69 Å². The first-order valence-electron chi connectivity index (χ1n) is 11.6. The Morgan fingerprint density at radius 3 is 2.62 bits per heavy atom. The van der Waals surface area contributed by atoms with Crippen molar-refractivity contribution in [2.45, 2.75) is 40.2 Å². The van der Waals surface area contributed by atoms with E-state index >= 15 is 0 Å². The first kappa shape index (κ1) is 23.2. The summed E-state index contributed by atoms with van der Waals surface area (Å²) in [6, 6.07) is 19.8. The number of carbonyl (C=O) groups excluding carboxylic acids is 2. The molecule has 4 aromatic rings. The van der Waals surface area contributed by atoms with Crippen LogP contribution in [0.5, 0.6) is 0 Å². The normalized spacial score (nSPS) is 10.9. The highest BCUT2D eigenvalue weighted by Gasteiger charge is 2.17. The summed E-state index contributed by atoms with van der Waals surface area (Å²) in [6.07, 6.45) is 2.83. The van der Waals surface area contributed by atoms with E-state index in [1.165, 1.54) is 16.7 Å². The molecular weight excluding hydrogens is 424 g/mol. The van der Waals surface area contributed by atoms with Crippen molar-refractivity contribution in [2.24, 2.45) is 0 Å². The Hall–Kier alpha value is -3.93. The lowest BCUT2D eigenvalue weighted by Crippen LogP contribution is -2.28. The van der Waals surface area contributed by atoms with Crippen molar-refractivity contribution in [1.82, 2.24) is 14.9 Å². The van der Waals surface area contributed by atoms with Crippen molar-refractivity contribution >= 4 is 28.4 Å². The molecule has 0 aliphatic heterocycles. The van der Waals surface area contributed by atoms with Gasteiger partial charge in [-0.1, -0.05) is 36.8 Å². The van der Waals surface area contributed by atoms with Crippen molar-refractivity contribution < 1.29 is 9.59 Å². The zero-order valence-corrected chi connectivity index (χ0v) is 19.9. The van der Waals surface area contributed by atoms with Crippen molar-refractivity contribution in [3.63, 3.8) is 0 Å². The fourth-order valence-electron chi connectivity index (χ4n) is 4.04. The van der Waals surface area contributed by atoms with E-state index in [4.69, 9.17) is 0 Å². The van der Waals surface area contributed by atoms with Gasteiger partial charge >= 0.3 is 0 Å². The number of fused-ring (bicyclic) bond motifs is 1. The molecule has 2 aromatic heterocycles. The molecule has 0 radical (unpaired) electrons. The summed E-state index contributed by atoms with van der Waals surface area (Å²) >= 11 is 0. The number of nitrogens with one attached hydrogen (secondary N) is 2. The summed E-state index contributed by atoms with van der Waals surface area (Å²) in [5.74, 6) is -0.168. The number of rotatable bonds is 8. The first-order valence-corrected chi connectivity index (χ1v) is 11.6. The standard InChI is InChI=1S/C28H30N4O2/c1-4-27(33)31-24-10-11-25-21(16-24)17-26(28(34)30-14-12-23-7-5-6-13-29-23)32(25)18-22-15-19(2)8-9-20(22)3/h5-11,13,15-17H,4,12,14,18H2,1-3H3,(H,30,34)(H,31,33). The summed E-state index contributed by atoms with van der Waals surface area (Å²) in [6.45, 7) is 7.07. The molecule has 0 unspecified atom stereocenters. The van der Waals surface area contributed by atoms with Crippen LogP contribution in [0.1, 0.15) is 46.2 Å². The summed E-state index contributed by atoms with van der Waals surface area (Å²) < 4.78 is 2.05. The minimum Gasteiger partial charge on any atom is -0.350 e. The maximum absolute atomic E-state index is 13.3. The van der Waals surface area contributed by atoms with Gasteiger partial charge in [0.2, 0.25) is 5.91 Å². The van der Waals surface area contributed by atoms with Gasteiger partial charge in [-0.15, -0.1) is 0 Å². The quantitative estimate of drug-likeness (QED) is 0.392. The molecule has 2 N–H and O–H groups in total. The topological polar surface area (TPSA) is 76.0 Å². The van der Waals surface area contributed by atoms with Gasteiger partial charge in [-0.25, -0.2) is 0 Å². The van der Waals surface area contributed by atoms with Gasteiger partial charge in [0.05, 0.1) is 0 Å². The molecule has 174 valence electrons. The predicted molar refractivity (Wildman–Crippen MR) is 136 cm³/mol. The van der Waals surface area contributed by atoms with E-state index in [-0.39, 0.29) is 11.8 Å². The lowest BCUT2D eigenvalue weighted by molar-refractivity contribution is -0.115. The largest absolute Gasteiger partial charge is 0.350 e. The van der Waals surface area contributed by atoms with Crippen molar-refractivity contribution in [2.75, 3.05) is 11.9 Å². The molecule has 0 fully saturated rings. The highest BCUT2D eigenvalue weighted by atomic mass is 16.2. The number of benzene rings is 2. The van der Waals surface area contributed by atoms with Crippen LogP contribution in [0.25, 0.3) is 10.9 Å². The average molecular weight is 455 g/mol. The number of pyridine rings is 1. The van der Waals surface area contributed by atoms with Gasteiger partial charge in [-0.2, -0.15) is 0 Å². The van der Waals surface area contributed by atoms with Crippen LogP contribution in [-0.2, 0) is 17.8 Å². The van der Waals surface area contributed by atoms with Gasteiger partial charge in [0.1, 0.15) is 5.69 Å². The molecule has 0 atom stereocenters. The molecule has 6 heteroatoms. The van der Waals surface area contributed by atoms with Gasteiger partial charge in [-0.05, 0) is 61.4 Å². The minimum absolute atomic E-state index is 0.0401. The molecule has 0 saturated carbocycles. The van der Waals surface area contributed by atoms with Gasteiger partial charge in [0, 0.05) is 54.4 Å². The third-order valence-electron chi connectivity index (χ3n) is 5.96. The van der Waals surface area contributed by atoms with Gasteiger partial charge in [0.15, 0.2) is 0 Å². The second kappa shape index (κ2) is 10.3. The first-order chi connectivity index (χ1) is 16.4. The second-order valence-corrected chi connectivity index (χ2v) is 8.55. The molecule has 0 saturated heterocycles. The smallest absolute Gasteiger partial charge is 0.267 e. The second-order valence-electron chi connectivity index (χ2n) is 8.55. The van der Waals surface area contributed by atoms with Crippen LogP contribution in [0, 0.1) is 13.8 Å². The third-order valence-corrected chi connectivity index (χ3v) is 5.96. The molecule has 0 spiro atoms. The Morgan fingerprint density at radius 2 is 1.85 bits per heavy atom. The molecule has 0 bridgehead atoms. The van der Waals surface area contributed by atoms with Crippen LogP contribution in [0.15, 0.2) is 66.9 Å². The molecule has 2 heterocycles. The van der Waals surface area contributed by atoms with Crippen LogP contribution < -0.4 is 10.6 Å².